The van der Waals surface area contributed by atoms with Crippen LogP contribution in [0.25, 0.3) is 0 Å². The molecule has 0 spiro atoms. The number of halogens is 2. The van der Waals surface area contributed by atoms with Crippen molar-refractivity contribution in [1.29, 1.82) is 0 Å². The third kappa shape index (κ3) is 3.22. The van der Waals surface area contributed by atoms with Crippen molar-refractivity contribution in [3.63, 3.8) is 0 Å². The average Bonchev–Trinajstić information content (AvgIpc) is 2.40. The highest BCUT2D eigenvalue weighted by Crippen LogP contribution is 2.27. The Labute approximate surface area is 126 Å². The van der Waals surface area contributed by atoms with Gasteiger partial charge in [-0.1, -0.05) is 22.0 Å². The maximum absolute atomic E-state index is 13.9. The topological polar surface area (TPSA) is 38.5 Å². The van der Waals surface area contributed by atoms with E-state index in [0.717, 1.165) is 10.2 Å². The summed E-state index contributed by atoms with van der Waals surface area (Å²) in [6, 6.07) is 10.5. The van der Waals surface area contributed by atoms with E-state index in [1.54, 1.807) is 12.1 Å². The van der Waals surface area contributed by atoms with Gasteiger partial charge in [0.05, 0.1) is 18.5 Å². The lowest BCUT2D eigenvalue weighted by Gasteiger charge is -2.21. The van der Waals surface area contributed by atoms with Crippen LogP contribution in [0.15, 0.2) is 40.9 Å². The van der Waals surface area contributed by atoms with Crippen molar-refractivity contribution >= 4 is 27.3 Å². The summed E-state index contributed by atoms with van der Waals surface area (Å²) in [5, 5.41) is 0. The minimum atomic E-state index is -0.285. The number of ether oxygens (including phenoxy) is 1. The molecule has 0 fully saturated rings. The minimum absolute atomic E-state index is 0.285. The van der Waals surface area contributed by atoms with E-state index in [1.807, 2.05) is 30.1 Å². The van der Waals surface area contributed by atoms with Gasteiger partial charge in [0.1, 0.15) is 11.6 Å². The Hall–Kier alpha value is -1.75. The van der Waals surface area contributed by atoms with Crippen molar-refractivity contribution in [2.24, 2.45) is 0 Å². The predicted molar refractivity (Wildman–Crippen MR) is 83.6 cm³/mol. The molecule has 2 rings (SSSR count). The fraction of sp³-hybridized carbons (Fsp3) is 0.200. The maximum Gasteiger partial charge on any atom is 0.131 e. The number of nitrogen functional groups attached to an aromatic ring is 1. The summed E-state index contributed by atoms with van der Waals surface area (Å²) in [6.07, 6.45) is 0. The van der Waals surface area contributed by atoms with Crippen LogP contribution in [-0.2, 0) is 6.54 Å². The van der Waals surface area contributed by atoms with Crippen LogP contribution >= 0.6 is 15.9 Å². The summed E-state index contributed by atoms with van der Waals surface area (Å²) in [5.74, 6) is 0.226. The zero-order valence-corrected chi connectivity index (χ0v) is 12.9. The van der Waals surface area contributed by atoms with Crippen molar-refractivity contribution in [3.05, 3.63) is 52.3 Å². The van der Waals surface area contributed by atoms with Crippen LogP contribution in [0.2, 0.25) is 0 Å². The van der Waals surface area contributed by atoms with Crippen molar-refractivity contribution in [2.45, 2.75) is 6.54 Å². The Morgan fingerprint density at radius 1 is 1.25 bits per heavy atom. The lowest BCUT2D eigenvalue weighted by molar-refractivity contribution is 0.410. The monoisotopic (exact) mass is 338 g/mol. The van der Waals surface area contributed by atoms with Gasteiger partial charge < -0.3 is 15.4 Å². The molecule has 2 aromatic rings. The quantitative estimate of drug-likeness (QED) is 0.861. The molecule has 0 aliphatic rings. The largest absolute Gasteiger partial charge is 0.497 e. The van der Waals surface area contributed by atoms with E-state index in [0.29, 0.717) is 23.5 Å². The van der Waals surface area contributed by atoms with Crippen LogP contribution in [0.3, 0.4) is 0 Å². The molecule has 3 nitrogen and oxygen atoms in total. The second-order valence-electron chi connectivity index (χ2n) is 4.52. The number of rotatable bonds is 4. The molecule has 0 aliphatic heterocycles. The van der Waals surface area contributed by atoms with Gasteiger partial charge in [-0.3, -0.25) is 0 Å². The summed E-state index contributed by atoms with van der Waals surface area (Å²) in [7, 11) is 3.40. The molecule has 0 saturated carbocycles. The van der Waals surface area contributed by atoms with Crippen LogP contribution in [-0.4, -0.2) is 14.2 Å². The van der Waals surface area contributed by atoms with Gasteiger partial charge in [0.2, 0.25) is 0 Å². The molecule has 5 heteroatoms. The number of anilines is 2. The van der Waals surface area contributed by atoms with Crippen LogP contribution in [0.1, 0.15) is 5.56 Å². The summed E-state index contributed by atoms with van der Waals surface area (Å²) in [5.41, 5.74) is 8.08. The summed E-state index contributed by atoms with van der Waals surface area (Å²) < 4.78 is 19.8. The number of methoxy groups -OCH3 is 1. The third-order valence-electron chi connectivity index (χ3n) is 3.07. The zero-order valence-electron chi connectivity index (χ0n) is 11.4. The number of hydrogen-bond acceptors (Lipinski definition) is 3. The number of nitrogens with two attached hydrogens (primary N) is 1. The first kappa shape index (κ1) is 14.7. The van der Waals surface area contributed by atoms with Crippen molar-refractivity contribution in [2.75, 3.05) is 24.8 Å². The molecular weight excluding hydrogens is 323 g/mol. The standard InChI is InChI=1S/C15H16BrFN2O/c1-19(15-6-4-11(16)7-14(15)18)9-10-3-5-12(20-2)8-13(10)17/h3-8H,9,18H2,1-2H3. The number of nitrogens with zero attached hydrogens (tertiary/aromatic N) is 1. The van der Waals surface area contributed by atoms with Crippen LogP contribution < -0.4 is 15.4 Å². The van der Waals surface area contributed by atoms with Crippen LogP contribution in [0.4, 0.5) is 15.8 Å². The average molecular weight is 339 g/mol. The minimum Gasteiger partial charge on any atom is -0.497 e. The van der Waals surface area contributed by atoms with Gasteiger partial charge in [-0.15, -0.1) is 0 Å². The molecule has 0 saturated heterocycles. The summed E-state index contributed by atoms with van der Waals surface area (Å²) in [6.45, 7) is 0.432. The molecule has 20 heavy (non-hydrogen) atoms. The Bertz CT molecular complexity index is 619. The smallest absolute Gasteiger partial charge is 0.131 e. The maximum atomic E-state index is 13.9. The predicted octanol–water partition coefficient (Wildman–Crippen LogP) is 3.82. The molecule has 2 N–H and O–H groups in total. The molecule has 0 heterocycles. The van der Waals surface area contributed by atoms with E-state index >= 15 is 0 Å². The highest BCUT2D eigenvalue weighted by Gasteiger charge is 2.10. The van der Waals surface area contributed by atoms with Gasteiger partial charge in [0.15, 0.2) is 0 Å². The lowest BCUT2D eigenvalue weighted by atomic mass is 10.1. The van der Waals surface area contributed by atoms with Crippen molar-refractivity contribution in [3.8, 4) is 5.75 Å². The van der Waals surface area contributed by atoms with E-state index in [2.05, 4.69) is 15.9 Å². The van der Waals surface area contributed by atoms with Gasteiger partial charge in [-0.25, -0.2) is 4.39 Å². The molecule has 0 aliphatic carbocycles. The number of hydrogen-bond donors (Lipinski definition) is 1. The molecule has 0 bridgehead atoms. The van der Waals surface area contributed by atoms with Crippen LogP contribution in [0, 0.1) is 5.82 Å². The molecule has 0 amide bonds. The molecule has 2 aromatic carbocycles. The van der Waals surface area contributed by atoms with Gasteiger partial charge in [-0.05, 0) is 24.3 Å². The SMILES string of the molecule is COc1ccc(CN(C)c2ccc(Br)cc2N)c(F)c1. The Morgan fingerprint density at radius 2 is 2.00 bits per heavy atom. The number of benzene rings is 2. The fourth-order valence-corrected chi connectivity index (χ4v) is 2.38. The van der Waals surface area contributed by atoms with Crippen molar-refractivity contribution < 1.29 is 9.13 Å². The van der Waals surface area contributed by atoms with Crippen LogP contribution in [0.5, 0.6) is 5.75 Å². The first-order valence-electron chi connectivity index (χ1n) is 6.10. The molecule has 0 radical (unpaired) electrons. The first-order chi connectivity index (χ1) is 9.51. The molecule has 106 valence electrons. The molecule has 0 atom stereocenters. The fourth-order valence-electron chi connectivity index (χ4n) is 2.00. The zero-order chi connectivity index (χ0) is 14.7. The third-order valence-corrected chi connectivity index (χ3v) is 3.56. The van der Waals surface area contributed by atoms with Gasteiger partial charge >= 0.3 is 0 Å². The van der Waals surface area contributed by atoms with E-state index in [9.17, 15) is 4.39 Å². The second kappa shape index (κ2) is 6.13. The van der Waals surface area contributed by atoms with E-state index in [4.69, 9.17) is 10.5 Å². The van der Waals surface area contributed by atoms with Gasteiger partial charge in [-0.2, -0.15) is 0 Å². The molecular formula is C15H16BrFN2O. The van der Waals surface area contributed by atoms with E-state index in [-0.39, 0.29) is 5.82 Å². The van der Waals surface area contributed by atoms with Gasteiger partial charge in [0, 0.05) is 29.7 Å². The first-order valence-corrected chi connectivity index (χ1v) is 6.89. The van der Waals surface area contributed by atoms with E-state index in [1.165, 1.54) is 13.2 Å². The molecule has 0 aromatic heterocycles. The molecule has 0 unspecified atom stereocenters. The summed E-state index contributed by atoms with van der Waals surface area (Å²) in [4.78, 5) is 1.91. The van der Waals surface area contributed by atoms with Gasteiger partial charge in [0.25, 0.3) is 0 Å². The van der Waals surface area contributed by atoms with E-state index < -0.39 is 0 Å². The van der Waals surface area contributed by atoms with Crippen molar-refractivity contribution in [1.82, 2.24) is 0 Å². The lowest BCUT2D eigenvalue weighted by Crippen LogP contribution is -2.18. The Morgan fingerprint density at radius 3 is 2.60 bits per heavy atom. The Kier molecular flexibility index (Phi) is 4.49. The highest BCUT2D eigenvalue weighted by molar-refractivity contribution is 9.10. The highest BCUT2D eigenvalue weighted by atomic mass is 79.9. The summed E-state index contributed by atoms with van der Waals surface area (Å²) >= 11 is 3.37. The second-order valence-corrected chi connectivity index (χ2v) is 5.43. The normalized spacial score (nSPS) is 10.4. The Balaban J connectivity index is 2.21.